The summed E-state index contributed by atoms with van der Waals surface area (Å²) in [5.74, 6) is -2.39. The van der Waals surface area contributed by atoms with Crippen LogP contribution in [0.2, 0.25) is 0 Å². The zero-order chi connectivity index (χ0) is 40.0. The molecule has 3 atom stereocenters. The Morgan fingerprint density at radius 2 is 1.02 bits per heavy atom. The molecule has 0 radical (unpaired) electrons. The Labute approximate surface area is 327 Å². The van der Waals surface area contributed by atoms with Crippen molar-refractivity contribution in [2.45, 2.75) is 193 Å². The maximum Gasteiger partial charge on any atom is 0.472 e. The number of aliphatic carboxylic acids is 1. The third-order valence-corrected chi connectivity index (χ3v) is 9.88. The van der Waals surface area contributed by atoms with E-state index in [1.807, 2.05) is 0 Å². The van der Waals surface area contributed by atoms with E-state index in [0.29, 0.717) is 12.8 Å². The fourth-order valence-electron chi connectivity index (χ4n) is 5.62. The minimum absolute atomic E-state index is 0.131. The second-order valence-corrected chi connectivity index (χ2v) is 15.6. The Balaban J connectivity index is 3.95. The van der Waals surface area contributed by atoms with Crippen LogP contribution in [0.15, 0.2) is 36.5 Å². The number of amides is 1. The molecule has 0 saturated heterocycles. The number of esters is 1. The number of nitrogens with one attached hydrogen (secondary N) is 1. The van der Waals surface area contributed by atoms with Crippen molar-refractivity contribution in [2.24, 2.45) is 0 Å². The van der Waals surface area contributed by atoms with Gasteiger partial charge in [-0.05, 0) is 51.4 Å². The van der Waals surface area contributed by atoms with Crippen molar-refractivity contribution in [1.82, 2.24) is 5.32 Å². The van der Waals surface area contributed by atoms with Gasteiger partial charge in [-0.25, -0.2) is 9.36 Å². The van der Waals surface area contributed by atoms with Crippen molar-refractivity contribution >= 4 is 25.7 Å². The van der Waals surface area contributed by atoms with E-state index in [4.69, 9.17) is 13.8 Å². The summed E-state index contributed by atoms with van der Waals surface area (Å²) < 4.78 is 26.8. The number of hydrogen-bond donors (Lipinski definition) is 4. The molecule has 3 unspecified atom stereocenters. The first kappa shape index (κ1) is 51.7. The first-order chi connectivity index (χ1) is 26.1. The minimum Gasteiger partial charge on any atom is -0.480 e. The summed E-state index contributed by atoms with van der Waals surface area (Å²) in [5.41, 5.74) is 0. The third-order valence-electron chi connectivity index (χ3n) is 8.93. The van der Waals surface area contributed by atoms with Crippen LogP contribution in [-0.2, 0) is 32.7 Å². The second kappa shape index (κ2) is 37.6. The van der Waals surface area contributed by atoms with Gasteiger partial charge >= 0.3 is 19.8 Å². The van der Waals surface area contributed by atoms with Gasteiger partial charge in [-0.2, -0.15) is 0 Å². The quantitative estimate of drug-likeness (QED) is 0.0204. The predicted octanol–water partition coefficient (Wildman–Crippen LogP) is 10.4. The number of phosphoric acid groups is 1. The van der Waals surface area contributed by atoms with Crippen molar-refractivity contribution in [3.05, 3.63) is 36.5 Å². The summed E-state index contributed by atoms with van der Waals surface area (Å²) in [6.45, 7) is 2.54. The van der Waals surface area contributed by atoms with Gasteiger partial charge in [0.05, 0.1) is 13.2 Å². The third kappa shape index (κ3) is 36.7. The summed E-state index contributed by atoms with van der Waals surface area (Å²) in [6.07, 6.45) is 38.8. The SMILES string of the molecule is CCCCC/C=C\C/C=C\C/C=C\CCCCCCCCC(=O)NC(COP(=O)(O)OCC(O)COC(=O)CCCCCCCCCCCCC)C(=O)O. The fraction of sp³-hybridized carbons (Fsp3) is 0.786. The number of unbranched alkanes of at least 4 members (excludes halogenated alkanes) is 19. The van der Waals surface area contributed by atoms with E-state index in [1.54, 1.807) is 0 Å². The van der Waals surface area contributed by atoms with Crippen molar-refractivity contribution in [2.75, 3.05) is 19.8 Å². The first-order valence-corrected chi connectivity index (χ1v) is 22.5. The number of phosphoric ester groups is 1. The Bertz CT molecular complexity index is 1060. The molecule has 54 heavy (non-hydrogen) atoms. The van der Waals surface area contributed by atoms with Crippen LogP contribution in [0.5, 0.6) is 0 Å². The zero-order valence-electron chi connectivity index (χ0n) is 33.8. The molecule has 314 valence electrons. The highest BCUT2D eigenvalue weighted by Crippen LogP contribution is 2.43. The Morgan fingerprint density at radius 1 is 0.593 bits per heavy atom. The lowest BCUT2D eigenvalue weighted by molar-refractivity contribution is -0.147. The molecular weight excluding hydrogens is 709 g/mol. The molecule has 0 heterocycles. The van der Waals surface area contributed by atoms with E-state index in [0.717, 1.165) is 70.6 Å². The Hall–Kier alpha value is -2.30. The summed E-state index contributed by atoms with van der Waals surface area (Å²) in [7, 11) is -4.75. The molecular formula is C42H76NO10P. The maximum absolute atomic E-state index is 12.3. The highest BCUT2D eigenvalue weighted by molar-refractivity contribution is 7.47. The standard InChI is InChI=1S/C42H76NO10P/c1-3-5-7-9-11-13-15-16-17-18-19-20-21-22-24-25-27-29-31-33-40(45)43-39(42(47)48)37-53-54(49,50)52-36-38(44)35-51-41(46)34-32-30-28-26-23-14-12-10-8-6-4-2/h11,13,16-17,19-20,38-39,44H,3-10,12,14-15,18,21-37H2,1-2H3,(H,43,45)(H,47,48)(H,49,50)/b13-11-,17-16-,20-19-. The number of aliphatic hydroxyl groups excluding tert-OH is 1. The maximum atomic E-state index is 12.3. The van der Waals surface area contributed by atoms with E-state index in [2.05, 4.69) is 55.6 Å². The molecule has 0 rings (SSSR count). The van der Waals surface area contributed by atoms with Crippen LogP contribution in [-0.4, -0.2) is 64.9 Å². The highest BCUT2D eigenvalue weighted by Gasteiger charge is 2.28. The molecule has 0 fully saturated rings. The van der Waals surface area contributed by atoms with Crippen molar-refractivity contribution < 1.29 is 47.8 Å². The van der Waals surface area contributed by atoms with Crippen LogP contribution in [0.1, 0.15) is 181 Å². The van der Waals surface area contributed by atoms with Gasteiger partial charge in [0.15, 0.2) is 6.04 Å². The number of rotatable bonds is 39. The zero-order valence-corrected chi connectivity index (χ0v) is 34.7. The molecule has 0 aromatic carbocycles. The number of carboxylic acid groups (broad SMARTS) is 1. The predicted molar refractivity (Wildman–Crippen MR) is 217 cm³/mol. The summed E-state index contributed by atoms with van der Waals surface area (Å²) in [6, 6.07) is -1.55. The number of hydrogen-bond acceptors (Lipinski definition) is 8. The van der Waals surface area contributed by atoms with Crippen LogP contribution >= 0.6 is 7.82 Å². The van der Waals surface area contributed by atoms with Crippen LogP contribution in [0.25, 0.3) is 0 Å². The smallest absolute Gasteiger partial charge is 0.472 e. The molecule has 1 amide bonds. The van der Waals surface area contributed by atoms with E-state index >= 15 is 0 Å². The first-order valence-electron chi connectivity index (χ1n) is 21.0. The lowest BCUT2D eigenvalue weighted by Crippen LogP contribution is -2.43. The average molecular weight is 786 g/mol. The summed E-state index contributed by atoms with van der Waals surface area (Å²) >= 11 is 0. The van der Waals surface area contributed by atoms with Gasteiger partial charge in [0.2, 0.25) is 5.91 Å². The van der Waals surface area contributed by atoms with Gasteiger partial charge < -0.3 is 25.2 Å². The molecule has 0 aliphatic carbocycles. The molecule has 4 N–H and O–H groups in total. The van der Waals surface area contributed by atoms with Crippen LogP contribution in [0.3, 0.4) is 0 Å². The number of carboxylic acids is 1. The molecule has 0 aliphatic heterocycles. The molecule has 0 spiro atoms. The molecule has 11 nitrogen and oxygen atoms in total. The number of allylic oxidation sites excluding steroid dienone is 6. The van der Waals surface area contributed by atoms with Gasteiger partial charge in [0.25, 0.3) is 0 Å². The Kier molecular flexibility index (Phi) is 36.0. The Morgan fingerprint density at radius 3 is 1.56 bits per heavy atom. The van der Waals surface area contributed by atoms with Crippen molar-refractivity contribution in [1.29, 1.82) is 0 Å². The van der Waals surface area contributed by atoms with Crippen LogP contribution in [0.4, 0.5) is 0 Å². The van der Waals surface area contributed by atoms with E-state index in [1.165, 1.54) is 70.6 Å². The lowest BCUT2D eigenvalue weighted by Gasteiger charge is -2.18. The number of aliphatic hydroxyl groups is 1. The van der Waals surface area contributed by atoms with Gasteiger partial charge in [-0.3, -0.25) is 18.6 Å². The molecule has 0 aromatic rings. The molecule has 0 saturated carbocycles. The van der Waals surface area contributed by atoms with Gasteiger partial charge in [-0.1, -0.05) is 153 Å². The average Bonchev–Trinajstić information content (AvgIpc) is 3.14. The minimum atomic E-state index is -4.75. The van der Waals surface area contributed by atoms with E-state index in [-0.39, 0.29) is 12.8 Å². The summed E-state index contributed by atoms with van der Waals surface area (Å²) in [5, 5.41) is 21.8. The highest BCUT2D eigenvalue weighted by atomic mass is 31.2. The van der Waals surface area contributed by atoms with E-state index < -0.39 is 57.6 Å². The van der Waals surface area contributed by atoms with Gasteiger partial charge in [-0.15, -0.1) is 0 Å². The number of ether oxygens (including phenoxy) is 1. The summed E-state index contributed by atoms with van der Waals surface area (Å²) in [4.78, 5) is 45.8. The van der Waals surface area contributed by atoms with Crippen molar-refractivity contribution in [3.8, 4) is 0 Å². The van der Waals surface area contributed by atoms with Crippen LogP contribution in [0, 0.1) is 0 Å². The van der Waals surface area contributed by atoms with Gasteiger partial charge in [0, 0.05) is 12.8 Å². The fourth-order valence-corrected chi connectivity index (χ4v) is 6.39. The largest absolute Gasteiger partial charge is 0.480 e. The second-order valence-electron chi connectivity index (χ2n) is 14.2. The van der Waals surface area contributed by atoms with Crippen LogP contribution < -0.4 is 5.32 Å². The normalized spacial score (nSPS) is 14.1. The van der Waals surface area contributed by atoms with Crippen molar-refractivity contribution in [3.63, 3.8) is 0 Å². The molecule has 0 bridgehead atoms. The number of carbonyl (C=O) groups excluding carboxylic acids is 2. The molecule has 0 aliphatic rings. The lowest BCUT2D eigenvalue weighted by atomic mass is 10.1. The number of carbonyl (C=O) groups is 3. The molecule has 12 heteroatoms. The van der Waals surface area contributed by atoms with E-state index in [9.17, 15) is 34.1 Å². The monoisotopic (exact) mass is 786 g/mol. The van der Waals surface area contributed by atoms with Gasteiger partial charge in [0.1, 0.15) is 12.7 Å². The molecule has 0 aromatic heterocycles. The topological polar surface area (TPSA) is 169 Å².